The Balaban J connectivity index is 1.32. The molecule has 0 aliphatic carbocycles. The Labute approximate surface area is 153 Å². The minimum atomic E-state index is -0.101. The maximum Gasteiger partial charge on any atom is 0.251 e. The van der Waals surface area contributed by atoms with E-state index in [2.05, 4.69) is 10.2 Å². The van der Waals surface area contributed by atoms with Crippen molar-refractivity contribution in [2.45, 2.75) is 25.0 Å². The van der Waals surface area contributed by atoms with Gasteiger partial charge in [-0.25, -0.2) is 0 Å². The molecule has 5 heteroatoms. The monoisotopic (exact) mass is 352 g/mol. The number of hydrogen-bond acceptors (Lipinski definition) is 4. The Hall–Kier alpha value is -2.37. The van der Waals surface area contributed by atoms with Gasteiger partial charge >= 0.3 is 0 Å². The molecule has 136 valence electrons. The Morgan fingerprint density at radius 2 is 2.00 bits per heavy atom. The van der Waals surface area contributed by atoms with E-state index in [0.717, 1.165) is 25.4 Å². The summed E-state index contributed by atoms with van der Waals surface area (Å²) in [6.45, 7) is 3.37. The van der Waals surface area contributed by atoms with E-state index in [1.54, 1.807) is 12.1 Å². The number of benzene rings is 2. The first kappa shape index (κ1) is 17.1. The highest BCUT2D eigenvalue weighted by Gasteiger charge is 2.32. The van der Waals surface area contributed by atoms with Crippen LogP contribution in [0.25, 0.3) is 0 Å². The molecule has 1 N–H and O–H groups in total. The SMILES string of the molecule is O=C(NC[C@@H]1CN2CCC[C@@H]2CO1)c1cccc(Oc2ccccc2)c1. The summed E-state index contributed by atoms with van der Waals surface area (Å²) in [6.07, 6.45) is 2.55. The highest BCUT2D eigenvalue weighted by molar-refractivity contribution is 5.94. The summed E-state index contributed by atoms with van der Waals surface area (Å²) in [7, 11) is 0. The van der Waals surface area contributed by atoms with Crippen LogP contribution in [0.3, 0.4) is 0 Å². The van der Waals surface area contributed by atoms with Crippen LogP contribution in [0, 0.1) is 0 Å². The van der Waals surface area contributed by atoms with Gasteiger partial charge in [0.15, 0.2) is 0 Å². The van der Waals surface area contributed by atoms with E-state index in [9.17, 15) is 4.79 Å². The predicted molar refractivity (Wildman–Crippen MR) is 99.6 cm³/mol. The van der Waals surface area contributed by atoms with Crippen LogP contribution < -0.4 is 10.1 Å². The number of nitrogens with one attached hydrogen (secondary N) is 1. The highest BCUT2D eigenvalue weighted by atomic mass is 16.5. The molecular weight excluding hydrogens is 328 g/mol. The number of nitrogens with zero attached hydrogens (tertiary/aromatic N) is 1. The summed E-state index contributed by atoms with van der Waals surface area (Å²) in [5.41, 5.74) is 0.591. The van der Waals surface area contributed by atoms with Gasteiger partial charge in [-0.05, 0) is 49.7 Å². The van der Waals surface area contributed by atoms with E-state index < -0.39 is 0 Å². The smallest absolute Gasteiger partial charge is 0.251 e. The van der Waals surface area contributed by atoms with Gasteiger partial charge in [-0.15, -0.1) is 0 Å². The molecule has 2 aliphatic heterocycles. The normalized spacial score (nSPS) is 22.6. The predicted octanol–water partition coefficient (Wildman–Crippen LogP) is 3.07. The summed E-state index contributed by atoms with van der Waals surface area (Å²) < 4.78 is 11.7. The molecule has 2 aromatic rings. The molecule has 2 fully saturated rings. The van der Waals surface area contributed by atoms with Crippen molar-refractivity contribution < 1.29 is 14.3 Å². The van der Waals surface area contributed by atoms with Crippen molar-refractivity contribution in [2.24, 2.45) is 0 Å². The van der Waals surface area contributed by atoms with Crippen molar-refractivity contribution in [1.82, 2.24) is 10.2 Å². The lowest BCUT2D eigenvalue weighted by atomic mass is 10.1. The lowest BCUT2D eigenvalue weighted by molar-refractivity contribution is -0.0461. The third-order valence-electron chi connectivity index (χ3n) is 5.03. The molecule has 2 aromatic carbocycles. The summed E-state index contributed by atoms with van der Waals surface area (Å²) in [5.74, 6) is 1.30. The second-order valence-electron chi connectivity index (χ2n) is 6.90. The zero-order valence-electron chi connectivity index (χ0n) is 14.8. The second-order valence-corrected chi connectivity index (χ2v) is 6.90. The lowest BCUT2D eigenvalue weighted by Crippen LogP contribution is -2.50. The fourth-order valence-corrected chi connectivity index (χ4v) is 3.64. The third-order valence-corrected chi connectivity index (χ3v) is 5.03. The molecule has 0 spiro atoms. The number of para-hydroxylation sites is 1. The first-order valence-electron chi connectivity index (χ1n) is 9.25. The Morgan fingerprint density at radius 1 is 1.15 bits per heavy atom. The number of rotatable bonds is 5. The van der Waals surface area contributed by atoms with Gasteiger partial charge in [0.05, 0.1) is 12.7 Å². The van der Waals surface area contributed by atoms with Crippen molar-refractivity contribution in [1.29, 1.82) is 0 Å². The molecule has 0 unspecified atom stereocenters. The van der Waals surface area contributed by atoms with Crippen LogP contribution in [0.1, 0.15) is 23.2 Å². The van der Waals surface area contributed by atoms with E-state index in [1.165, 1.54) is 12.8 Å². The maximum absolute atomic E-state index is 12.5. The van der Waals surface area contributed by atoms with Gasteiger partial charge in [0.1, 0.15) is 11.5 Å². The average molecular weight is 352 g/mol. The molecule has 1 amide bonds. The molecule has 4 rings (SSSR count). The van der Waals surface area contributed by atoms with Crippen molar-refractivity contribution in [3.63, 3.8) is 0 Å². The van der Waals surface area contributed by atoms with E-state index in [-0.39, 0.29) is 12.0 Å². The molecular formula is C21H24N2O3. The number of amides is 1. The molecule has 2 saturated heterocycles. The van der Waals surface area contributed by atoms with Gasteiger partial charge in [-0.1, -0.05) is 24.3 Å². The Kier molecular flexibility index (Phi) is 5.18. The standard InChI is InChI=1S/C21H24N2O3/c24-21(22-13-20-14-23-11-5-7-17(23)15-25-20)16-6-4-10-19(12-16)26-18-8-2-1-3-9-18/h1-4,6,8-10,12,17,20H,5,7,11,13-15H2,(H,22,24)/t17-,20-/m1/s1. The van der Waals surface area contributed by atoms with Gasteiger partial charge in [0.2, 0.25) is 0 Å². The topological polar surface area (TPSA) is 50.8 Å². The fourth-order valence-electron chi connectivity index (χ4n) is 3.64. The molecule has 0 aromatic heterocycles. The molecule has 0 saturated carbocycles. The van der Waals surface area contributed by atoms with E-state index >= 15 is 0 Å². The number of hydrogen-bond donors (Lipinski definition) is 1. The third kappa shape index (κ3) is 4.06. The van der Waals surface area contributed by atoms with Crippen LogP contribution in [-0.2, 0) is 4.74 Å². The number of fused-ring (bicyclic) bond motifs is 1. The van der Waals surface area contributed by atoms with Crippen LogP contribution in [0.2, 0.25) is 0 Å². The first-order valence-corrected chi connectivity index (χ1v) is 9.25. The average Bonchev–Trinajstić information content (AvgIpc) is 3.15. The number of carbonyl (C=O) groups is 1. The van der Waals surface area contributed by atoms with Crippen LogP contribution in [0.5, 0.6) is 11.5 Å². The Morgan fingerprint density at radius 3 is 2.88 bits per heavy atom. The van der Waals surface area contributed by atoms with Crippen LogP contribution in [0.15, 0.2) is 54.6 Å². The van der Waals surface area contributed by atoms with Crippen LogP contribution in [-0.4, -0.2) is 49.2 Å². The minimum Gasteiger partial charge on any atom is -0.457 e. The first-order chi connectivity index (χ1) is 12.8. The molecule has 5 nitrogen and oxygen atoms in total. The van der Waals surface area contributed by atoms with Gasteiger partial charge in [0, 0.05) is 24.7 Å². The Bertz CT molecular complexity index is 750. The molecule has 2 atom stereocenters. The molecule has 2 heterocycles. The number of carbonyl (C=O) groups excluding carboxylic acids is 1. The lowest BCUT2D eigenvalue weighted by Gasteiger charge is -2.35. The van der Waals surface area contributed by atoms with Gasteiger partial charge in [-0.2, -0.15) is 0 Å². The zero-order chi connectivity index (χ0) is 17.8. The van der Waals surface area contributed by atoms with E-state index in [1.807, 2.05) is 42.5 Å². The molecule has 2 aliphatic rings. The highest BCUT2D eigenvalue weighted by Crippen LogP contribution is 2.23. The second kappa shape index (κ2) is 7.89. The van der Waals surface area contributed by atoms with Crippen molar-refractivity contribution in [3.8, 4) is 11.5 Å². The van der Waals surface area contributed by atoms with Gasteiger partial charge < -0.3 is 14.8 Å². The largest absolute Gasteiger partial charge is 0.457 e. The van der Waals surface area contributed by atoms with Crippen molar-refractivity contribution in [2.75, 3.05) is 26.2 Å². The van der Waals surface area contributed by atoms with Crippen molar-refractivity contribution in [3.05, 3.63) is 60.2 Å². The fraction of sp³-hybridized carbons (Fsp3) is 0.381. The molecule has 26 heavy (non-hydrogen) atoms. The van der Waals surface area contributed by atoms with Gasteiger partial charge in [0.25, 0.3) is 5.91 Å². The van der Waals surface area contributed by atoms with Crippen LogP contribution >= 0.6 is 0 Å². The van der Waals surface area contributed by atoms with Crippen LogP contribution in [0.4, 0.5) is 0 Å². The molecule has 0 bridgehead atoms. The summed E-state index contributed by atoms with van der Waals surface area (Å²) in [4.78, 5) is 15.0. The van der Waals surface area contributed by atoms with Crippen molar-refractivity contribution >= 4 is 5.91 Å². The van der Waals surface area contributed by atoms with E-state index in [0.29, 0.717) is 23.9 Å². The molecule has 0 radical (unpaired) electrons. The van der Waals surface area contributed by atoms with E-state index in [4.69, 9.17) is 9.47 Å². The van der Waals surface area contributed by atoms with Gasteiger partial charge in [-0.3, -0.25) is 9.69 Å². The summed E-state index contributed by atoms with van der Waals surface area (Å²) in [5, 5.41) is 2.99. The zero-order valence-corrected chi connectivity index (χ0v) is 14.8. The summed E-state index contributed by atoms with van der Waals surface area (Å²) in [6, 6.07) is 17.4. The minimum absolute atomic E-state index is 0.0667. The number of ether oxygens (including phenoxy) is 2. The number of morpholine rings is 1. The summed E-state index contributed by atoms with van der Waals surface area (Å²) >= 11 is 0. The maximum atomic E-state index is 12.5. The quantitative estimate of drug-likeness (QED) is 0.898.